The molecule has 3 rings (SSSR count). The third kappa shape index (κ3) is 3.11. The molecule has 2 heterocycles. The number of rotatable bonds is 2. The van der Waals surface area contributed by atoms with E-state index in [1.807, 2.05) is 4.90 Å². The molecule has 2 aliphatic heterocycles. The van der Waals surface area contributed by atoms with E-state index in [9.17, 15) is 13.2 Å². The Bertz CT molecular complexity index is 651. The van der Waals surface area contributed by atoms with E-state index in [0.717, 1.165) is 32.4 Å². The SMILES string of the molecule is O=C(c1cccc(N2CCCCS2(=O)=O)c1)N1CCCCC1. The van der Waals surface area contributed by atoms with Crippen molar-refractivity contribution in [3.63, 3.8) is 0 Å². The van der Waals surface area contributed by atoms with Gasteiger partial charge in [-0.2, -0.15) is 0 Å². The molecule has 22 heavy (non-hydrogen) atoms. The van der Waals surface area contributed by atoms with E-state index in [1.165, 1.54) is 10.7 Å². The lowest BCUT2D eigenvalue weighted by Gasteiger charge is -2.29. The van der Waals surface area contributed by atoms with Crippen molar-refractivity contribution in [1.29, 1.82) is 0 Å². The monoisotopic (exact) mass is 322 g/mol. The van der Waals surface area contributed by atoms with Crippen LogP contribution in [0.2, 0.25) is 0 Å². The highest BCUT2D eigenvalue weighted by molar-refractivity contribution is 7.92. The van der Waals surface area contributed by atoms with Crippen LogP contribution in [0, 0.1) is 0 Å². The molecule has 0 spiro atoms. The summed E-state index contributed by atoms with van der Waals surface area (Å²) < 4.78 is 25.8. The average molecular weight is 322 g/mol. The molecule has 2 aliphatic rings. The van der Waals surface area contributed by atoms with Gasteiger partial charge in [0.15, 0.2) is 0 Å². The Kier molecular flexibility index (Phi) is 4.38. The van der Waals surface area contributed by atoms with Gasteiger partial charge in [-0.15, -0.1) is 0 Å². The number of benzene rings is 1. The molecule has 0 atom stereocenters. The molecule has 6 heteroatoms. The van der Waals surface area contributed by atoms with Gasteiger partial charge >= 0.3 is 0 Å². The van der Waals surface area contributed by atoms with Crippen LogP contribution < -0.4 is 4.31 Å². The number of hydrogen-bond donors (Lipinski definition) is 0. The largest absolute Gasteiger partial charge is 0.339 e. The van der Waals surface area contributed by atoms with Crippen LogP contribution in [0.25, 0.3) is 0 Å². The molecule has 0 unspecified atom stereocenters. The van der Waals surface area contributed by atoms with Crippen LogP contribution in [0.15, 0.2) is 24.3 Å². The molecular formula is C16H22N2O3S. The van der Waals surface area contributed by atoms with Crippen molar-refractivity contribution in [2.75, 3.05) is 29.7 Å². The highest BCUT2D eigenvalue weighted by Gasteiger charge is 2.27. The summed E-state index contributed by atoms with van der Waals surface area (Å²) in [4.78, 5) is 14.4. The molecule has 0 radical (unpaired) electrons. The van der Waals surface area contributed by atoms with E-state index in [0.29, 0.717) is 24.2 Å². The first-order valence-electron chi connectivity index (χ1n) is 7.98. The molecular weight excluding hydrogens is 300 g/mol. The Hall–Kier alpha value is -1.56. The number of sulfonamides is 1. The Morgan fingerprint density at radius 3 is 2.41 bits per heavy atom. The van der Waals surface area contributed by atoms with E-state index in [4.69, 9.17) is 0 Å². The van der Waals surface area contributed by atoms with Gasteiger partial charge < -0.3 is 4.90 Å². The van der Waals surface area contributed by atoms with Gasteiger partial charge in [0.05, 0.1) is 11.4 Å². The number of carbonyl (C=O) groups excluding carboxylic acids is 1. The molecule has 0 aliphatic carbocycles. The van der Waals surface area contributed by atoms with Gasteiger partial charge in [-0.1, -0.05) is 6.07 Å². The molecule has 1 aromatic carbocycles. The summed E-state index contributed by atoms with van der Waals surface area (Å²) >= 11 is 0. The third-order valence-corrected chi connectivity index (χ3v) is 6.24. The maximum atomic E-state index is 12.6. The number of carbonyl (C=O) groups is 1. The van der Waals surface area contributed by atoms with Gasteiger partial charge in [0, 0.05) is 25.2 Å². The lowest BCUT2D eigenvalue weighted by molar-refractivity contribution is 0.0724. The maximum absolute atomic E-state index is 12.6. The zero-order valence-corrected chi connectivity index (χ0v) is 13.5. The smallest absolute Gasteiger partial charge is 0.253 e. The first-order valence-corrected chi connectivity index (χ1v) is 9.59. The van der Waals surface area contributed by atoms with E-state index >= 15 is 0 Å². The summed E-state index contributed by atoms with van der Waals surface area (Å²) in [5.74, 6) is 0.202. The van der Waals surface area contributed by atoms with Crippen LogP contribution in [0.4, 0.5) is 5.69 Å². The summed E-state index contributed by atoms with van der Waals surface area (Å²) in [6.07, 6.45) is 4.85. The fourth-order valence-corrected chi connectivity index (χ4v) is 4.78. The standard InChI is InChI=1S/C16H22N2O3S/c19-16(17-9-2-1-3-10-17)14-7-6-8-15(13-14)18-11-4-5-12-22(18,20)21/h6-8,13H,1-5,9-12H2. The Morgan fingerprint density at radius 1 is 0.955 bits per heavy atom. The molecule has 1 amide bonds. The molecule has 120 valence electrons. The van der Waals surface area contributed by atoms with Crippen molar-refractivity contribution in [2.24, 2.45) is 0 Å². The number of hydrogen-bond acceptors (Lipinski definition) is 3. The van der Waals surface area contributed by atoms with E-state index in [2.05, 4.69) is 0 Å². The van der Waals surface area contributed by atoms with Crippen molar-refractivity contribution in [2.45, 2.75) is 32.1 Å². The summed E-state index contributed by atoms with van der Waals surface area (Å²) in [6.45, 7) is 2.10. The van der Waals surface area contributed by atoms with Crippen LogP contribution in [0.5, 0.6) is 0 Å². The Balaban J connectivity index is 1.84. The summed E-state index contributed by atoms with van der Waals surface area (Å²) in [6, 6.07) is 7.04. The molecule has 1 aromatic rings. The predicted octanol–water partition coefficient (Wildman–Crippen LogP) is 2.24. The van der Waals surface area contributed by atoms with Crippen LogP contribution >= 0.6 is 0 Å². The molecule has 5 nitrogen and oxygen atoms in total. The summed E-state index contributed by atoms with van der Waals surface area (Å²) in [5.41, 5.74) is 1.20. The van der Waals surface area contributed by atoms with Gasteiger partial charge in [0.2, 0.25) is 10.0 Å². The maximum Gasteiger partial charge on any atom is 0.253 e. The Morgan fingerprint density at radius 2 is 1.68 bits per heavy atom. The van der Waals surface area contributed by atoms with Gasteiger partial charge in [0.25, 0.3) is 5.91 Å². The lowest BCUT2D eigenvalue weighted by Crippen LogP contribution is -2.38. The molecule has 2 saturated heterocycles. The quantitative estimate of drug-likeness (QED) is 0.839. The van der Waals surface area contributed by atoms with Gasteiger partial charge in [0.1, 0.15) is 0 Å². The number of amides is 1. The fourth-order valence-electron chi connectivity index (χ4n) is 3.15. The second-order valence-corrected chi connectivity index (χ2v) is 8.01. The highest BCUT2D eigenvalue weighted by Crippen LogP contribution is 2.25. The highest BCUT2D eigenvalue weighted by atomic mass is 32.2. The van der Waals surface area contributed by atoms with Gasteiger partial charge in [-0.25, -0.2) is 8.42 Å². The Labute approximate surface area is 132 Å². The second kappa shape index (κ2) is 6.28. The lowest BCUT2D eigenvalue weighted by atomic mass is 10.1. The van der Waals surface area contributed by atoms with E-state index in [-0.39, 0.29) is 11.7 Å². The van der Waals surface area contributed by atoms with E-state index < -0.39 is 10.0 Å². The third-order valence-electron chi connectivity index (χ3n) is 4.37. The minimum absolute atomic E-state index is 0.0101. The first kappa shape index (κ1) is 15.3. The van der Waals surface area contributed by atoms with Crippen molar-refractivity contribution < 1.29 is 13.2 Å². The molecule has 0 saturated carbocycles. The van der Waals surface area contributed by atoms with E-state index in [1.54, 1.807) is 24.3 Å². The average Bonchev–Trinajstić information content (AvgIpc) is 2.55. The number of anilines is 1. The minimum Gasteiger partial charge on any atom is -0.339 e. The van der Waals surface area contributed by atoms with Crippen molar-refractivity contribution in [1.82, 2.24) is 4.90 Å². The molecule has 0 N–H and O–H groups in total. The zero-order chi connectivity index (χ0) is 15.6. The molecule has 0 aromatic heterocycles. The van der Waals surface area contributed by atoms with Crippen LogP contribution in [0.1, 0.15) is 42.5 Å². The normalized spacial score (nSPS) is 21.6. The van der Waals surface area contributed by atoms with Crippen molar-refractivity contribution in [3.8, 4) is 0 Å². The topological polar surface area (TPSA) is 57.7 Å². The van der Waals surface area contributed by atoms with Crippen LogP contribution in [-0.4, -0.2) is 44.6 Å². The zero-order valence-electron chi connectivity index (χ0n) is 12.7. The van der Waals surface area contributed by atoms with Crippen LogP contribution in [0.3, 0.4) is 0 Å². The predicted molar refractivity (Wildman–Crippen MR) is 86.6 cm³/mol. The summed E-state index contributed by atoms with van der Waals surface area (Å²) in [7, 11) is -3.24. The minimum atomic E-state index is -3.24. The second-order valence-electron chi connectivity index (χ2n) is 6.00. The first-order chi connectivity index (χ1) is 10.6. The van der Waals surface area contributed by atoms with Gasteiger partial charge in [-0.3, -0.25) is 9.10 Å². The van der Waals surface area contributed by atoms with Crippen molar-refractivity contribution in [3.05, 3.63) is 29.8 Å². The van der Waals surface area contributed by atoms with Crippen molar-refractivity contribution >= 4 is 21.6 Å². The summed E-state index contributed by atoms with van der Waals surface area (Å²) in [5, 5.41) is 0. The number of nitrogens with zero attached hydrogens (tertiary/aromatic N) is 2. The van der Waals surface area contributed by atoms with Crippen LogP contribution in [-0.2, 0) is 10.0 Å². The molecule has 0 bridgehead atoms. The number of piperidine rings is 1. The molecule has 2 fully saturated rings. The number of likely N-dealkylation sites (tertiary alicyclic amines) is 1. The van der Waals surface area contributed by atoms with Gasteiger partial charge in [-0.05, 0) is 50.3 Å². The fraction of sp³-hybridized carbons (Fsp3) is 0.562.